The molecule has 120 valence electrons. The van der Waals surface area contributed by atoms with Crippen LogP contribution in [0.3, 0.4) is 0 Å². The van der Waals surface area contributed by atoms with Gasteiger partial charge in [-0.15, -0.1) is 0 Å². The van der Waals surface area contributed by atoms with Crippen molar-refractivity contribution in [1.29, 1.82) is 0 Å². The van der Waals surface area contributed by atoms with Crippen molar-refractivity contribution >= 4 is 5.97 Å². The highest BCUT2D eigenvalue weighted by Crippen LogP contribution is 2.26. The van der Waals surface area contributed by atoms with Gasteiger partial charge in [0.25, 0.3) is 0 Å². The van der Waals surface area contributed by atoms with Crippen LogP contribution in [0.4, 0.5) is 0 Å². The van der Waals surface area contributed by atoms with Crippen molar-refractivity contribution in [2.24, 2.45) is 0 Å². The molecule has 2 atom stereocenters. The van der Waals surface area contributed by atoms with Gasteiger partial charge in [-0.3, -0.25) is 9.69 Å². The summed E-state index contributed by atoms with van der Waals surface area (Å²) in [5.41, 5.74) is 1.02. The third-order valence-corrected chi connectivity index (χ3v) is 4.66. The lowest BCUT2D eigenvalue weighted by atomic mass is 9.91. The summed E-state index contributed by atoms with van der Waals surface area (Å²) in [5, 5.41) is 0. The number of benzene rings is 1. The molecule has 1 aliphatic heterocycles. The van der Waals surface area contributed by atoms with Crippen molar-refractivity contribution < 1.29 is 14.3 Å². The molecule has 0 amide bonds. The lowest BCUT2D eigenvalue weighted by Crippen LogP contribution is -2.51. The summed E-state index contributed by atoms with van der Waals surface area (Å²) in [6.07, 6.45) is 4.92. The Hall–Kier alpha value is -1.39. The molecule has 3 rings (SSSR count). The largest absolute Gasteiger partial charge is 0.460 e. The predicted octanol–water partition coefficient (Wildman–Crippen LogP) is 2.42. The number of hydrogen-bond donors (Lipinski definition) is 0. The Morgan fingerprint density at radius 3 is 2.64 bits per heavy atom. The number of rotatable bonds is 4. The maximum absolute atomic E-state index is 12.2. The van der Waals surface area contributed by atoms with E-state index in [2.05, 4.69) is 4.90 Å². The van der Waals surface area contributed by atoms with E-state index in [1.807, 2.05) is 30.3 Å². The van der Waals surface area contributed by atoms with Gasteiger partial charge in [-0.1, -0.05) is 36.8 Å². The highest BCUT2D eigenvalue weighted by molar-refractivity contribution is 5.72. The maximum Gasteiger partial charge on any atom is 0.310 e. The monoisotopic (exact) mass is 303 g/mol. The second-order valence-corrected chi connectivity index (χ2v) is 6.19. The first-order valence-electron chi connectivity index (χ1n) is 8.38. The summed E-state index contributed by atoms with van der Waals surface area (Å²) < 4.78 is 11.3. The molecule has 4 heteroatoms. The molecule has 0 bridgehead atoms. The number of hydrogen-bond acceptors (Lipinski definition) is 4. The minimum Gasteiger partial charge on any atom is -0.460 e. The average Bonchev–Trinajstić information content (AvgIpc) is 2.57. The molecule has 1 aromatic rings. The highest BCUT2D eigenvalue weighted by Gasteiger charge is 2.33. The molecule has 1 saturated carbocycles. The standard InChI is InChI=1S/C18H25NO3/c20-18(14-15-6-2-1-3-7-15)22-17-9-5-4-8-16(17)19-10-12-21-13-11-19/h1-3,6-7,16-17H,4-5,8-14H2/t16-,17-/m1/s1. The van der Waals surface area contributed by atoms with Crippen LogP contribution in [0.15, 0.2) is 30.3 Å². The van der Waals surface area contributed by atoms with E-state index in [0.717, 1.165) is 51.1 Å². The van der Waals surface area contributed by atoms with E-state index < -0.39 is 0 Å². The van der Waals surface area contributed by atoms with E-state index >= 15 is 0 Å². The van der Waals surface area contributed by atoms with Gasteiger partial charge < -0.3 is 9.47 Å². The first-order chi connectivity index (χ1) is 10.8. The molecule has 0 spiro atoms. The molecule has 2 aliphatic rings. The second kappa shape index (κ2) is 7.75. The van der Waals surface area contributed by atoms with E-state index in [1.165, 1.54) is 6.42 Å². The summed E-state index contributed by atoms with van der Waals surface area (Å²) in [7, 11) is 0. The molecule has 0 unspecified atom stereocenters. The van der Waals surface area contributed by atoms with Gasteiger partial charge in [0.2, 0.25) is 0 Å². The fourth-order valence-corrected chi connectivity index (χ4v) is 3.51. The smallest absolute Gasteiger partial charge is 0.310 e. The molecule has 1 saturated heterocycles. The molecule has 1 aliphatic carbocycles. The molecule has 2 fully saturated rings. The summed E-state index contributed by atoms with van der Waals surface area (Å²) in [4.78, 5) is 14.7. The van der Waals surface area contributed by atoms with Crippen molar-refractivity contribution in [3.05, 3.63) is 35.9 Å². The number of nitrogens with zero attached hydrogens (tertiary/aromatic N) is 1. The Bertz CT molecular complexity index is 470. The van der Waals surface area contributed by atoms with Gasteiger partial charge >= 0.3 is 5.97 Å². The number of carbonyl (C=O) groups is 1. The van der Waals surface area contributed by atoms with Crippen LogP contribution >= 0.6 is 0 Å². The van der Waals surface area contributed by atoms with E-state index in [-0.39, 0.29) is 12.1 Å². The van der Waals surface area contributed by atoms with Gasteiger partial charge in [0.05, 0.1) is 19.6 Å². The fourth-order valence-electron chi connectivity index (χ4n) is 3.51. The number of ether oxygens (including phenoxy) is 2. The van der Waals surface area contributed by atoms with Crippen molar-refractivity contribution in [3.63, 3.8) is 0 Å². The Morgan fingerprint density at radius 2 is 1.86 bits per heavy atom. The van der Waals surface area contributed by atoms with Crippen molar-refractivity contribution in [2.75, 3.05) is 26.3 Å². The minimum absolute atomic E-state index is 0.0445. The topological polar surface area (TPSA) is 38.8 Å². The molecule has 1 heterocycles. The minimum atomic E-state index is -0.101. The first kappa shape index (κ1) is 15.5. The van der Waals surface area contributed by atoms with Gasteiger partial charge in [0, 0.05) is 19.1 Å². The molecule has 1 aromatic carbocycles. The summed E-state index contributed by atoms with van der Waals surface area (Å²) >= 11 is 0. The molecular weight excluding hydrogens is 278 g/mol. The Labute approximate surface area is 132 Å². The van der Waals surface area contributed by atoms with Crippen LogP contribution in [0.25, 0.3) is 0 Å². The zero-order chi connectivity index (χ0) is 15.2. The average molecular weight is 303 g/mol. The van der Waals surface area contributed by atoms with E-state index in [4.69, 9.17) is 9.47 Å². The van der Waals surface area contributed by atoms with Crippen molar-refractivity contribution in [3.8, 4) is 0 Å². The van der Waals surface area contributed by atoms with Crippen LogP contribution < -0.4 is 0 Å². The second-order valence-electron chi connectivity index (χ2n) is 6.19. The van der Waals surface area contributed by atoms with E-state index in [9.17, 15) is 4.79 Å². The van der Waals surface area contributed by atoms with Crippen LogP contribution in [0.5, 0.6) is 0 Å². The zero-order valence-electron chi connectivity index (χ0n) is 13.1. The summed E-state index contributed by atoms with van der Waals surface area (Å²) in [6, 6.07) is 10.2. The Balaban J connectivity index is 1.57. The molecule has 0 aromatic heterocycles. The summed E-state index contributed by atoms with van der Waals surface area (Å²) in [5.74, 6) is -0.101. The van der Waals surface area contributed by atoms with E-state index in [0.29, 0.717) is 12.5 Å². The van der Waals surface area contributed by atoms with Crippen LogP contribution in [-0.4, -0.2) is 49.3 Å². The van der Waals surface area contributed by atoms with E-state index in [1.54, 1.807) is 0 Å². The van der Waals surface area contributed by atoms with Gasteiger partial charge in [-0.25, -0.2) is 0 Å². The molecular formula is C18H25NO3. The number of carbonyl (C=O) groups excluding carboxylic acids is 1. The molecule has 0 radical (unpaired) electrons. The maximum atomic E-state index is 12.2. The third kappa shape index (κ3) is 4.08. The Morgan fingerprint density at radius 1 is 1.14 bits per heavy atom. The normalized spacial score (nSPS) is 26.5. The number of esters is 1. The fraction of sp³-hybridized carbons (Fsp3) is 0.611. The lowest BCUT2D eigenvalue weighted by molar-refractivity contribution is -0.155. The van der Waals surface area contributed by atoms with Gasteiger partial charge in [-0.05, 0) is 24.8 Å². The zero-order valence-corrected chi connectivity index (χ0v) is 13.1. The molecule has 22 heavy (non-hydrogen) atoms. The quantitative estimate of drug-likeness (QED) is 0.801. The predicted molar refractivity (Wildman–Crippen MR) is 84.7 cm³/mol. The third-order valence-electron chi connectivity index (χ3n) is 4.66. The van der Waals surface area contributed by atoms with Crippen LogP contribution in [0, 0.1) is 0 Å². The van der Waals surface area contributed by atoms with Crippen LogP contribution in [0.1, 0.15) is 31.2 Å². The molecule has 0 N–H and O–H groups in total. The molecule has 4 nitrogen and oxygen atoms in total. The highest BCUT2D eigenvalue weighted by atomic mass is 16.5. The summed E-state index contributed by atoms with van der Waals surface area (Å²) in [6.45, 7) is 3.50. The number of morpholine rings is 1. The Kier molecular flexibility index (Phi) is 5.46. The van der Waals surface area contributed by atoms with Gasteiger partial charge in [0.1, 0.15) is 6.10 Å². The first-order valence-corrected chi connectivity index (χ1v) is 8.38. The lowest BCUT2D eigenvalue weighted by Gasteiger charge is -2.41. The van der Waals surface area contributed by atoms with Crippen molar-refractivity contribution in [1.82, 2.24) is 4.90 Å². The van der Waals surface area contributed by atoms with Crippen LogP contribution in [-0.2, 0) is 20.7 Å². The van der Waals surface area contributed by atoms with Gasteiger partial charge in [0.15, 0.2) is 0 Å². The SMILES string of the molecule is O=C(Cc1ccccc1)O[C@@H]1CCCC[C@H]1N1CCOCC1. The van der Waals surface area contributed by atoms with Crippen LogP contribution in [0.2, 0.25) is 0 Å². The van der Waals surface area contributed by atoms with Crippen molar-refractivity contribution in [2.45, 2.75) is 44.2 Å². The van der Waals surface area contributed by atoms with Gasteiger partial charge in [-0.2, -0.15) is 0 Å².